The molecule has 2 N–H and O–H groups in total. The minimum absolute atomic E-state index is 0.191. The van der Waals surface area contributed by atoms with Gasteiger partial charge in [-0.1, -0.05) is 24.3 Å². The molecule has 3 heterocycles. The number of nitrogens with zero attached hydrogens (tertiary/aromatic N) is 4. The second kappa shape index (κ2) is 8.93. The fourth-order valence-corrected chi connectivity index (χ4v) is 4.07. The lowest BCUT2D eigenvalue weighted by atomic mass is 10.1. The molecule has 0 saturated carbocycles. The molecule has 0 aliphatic rings. The molecule has 0 amide bonds. The van der Waals surface area contributed by atoms with E-state index in [0.717, 1.165) is 34.3 Å². The Balaban J connectivity index is 1.32. The molecule has 2 aromatic carbocycles. The number of aromatic nitrogens is 5. The number of rotatable bonds is 7. The number of imidazole rings is 1. The number of halogens is 2. The van der Waals surface area contributed by atoms with E-state index in [9.17, 15) is 8.78 Å². The Bertz CT molecular complexity index is 1450. The normalized spacial score (nSPS) is 11.2. The van der Waals surface area contributed by atoms with Crippen molar-refractivity contribution in [3.8, 4) is 28.3 Å². The molecule has 0 aliphatic heterocycles. The number of fused-ring (bicyclic) bond motifs is 1. The van der Waals surface area contributed by atoms with Gasteiger partial charge in [0, 0.05) is 53.6 Å². The second-order valence-electron chi connectivity index (χ2n) is 7.82. The van der Waals surface area contributed by atoms with Crippen molar-refractivity contribution in [3.05, 3.63) is 78.6 Å². The van der Waals surface area contributed by atoms with Crippen molar-refractivity contribution in [3.63, 3.8) is 0 Å². The summed E-state index contributed by atoms with van der Waals surface area (Å²) < 4.78 is 35.6. The van der Waals surface area contributed by atoms with Crippen LogP contribution in [0.25, 0.3) is 33.4 Å². The summed E-state index contributed by atoms with van der Waals surface area (Å²) in [7, 11) is 1.44. The Morgan fingerprint density at radius 2 is 1.76 bits per heavy atom. The van der Waals surface area contributed by atoms with Crippen molar-refractivity contribution in [2.24, 2.45) is 0 Å². The number of H-pyrrole nitrogens is 1. The van der Waals surface area contributed by atoms with E-state index in [4.69, 9.17) is 4.74 Å². The maximum absolute atomic E-state index is 14.6. The topological polar surface area (TPSA) is 80.6 Å². The second-order valence-corrected chi connectivity index (χ2v) is 7.82. The van der Waals surface area contributed by atoms with Crippen LogP contribution in [0.5, 0.6) is 5.75 Å². The largest absolute Gasteiger partial charge is 0.496 e. The highest BCUT2D eigenvalue weighted by molar-refractivity contribution is 5.88. The van der Waals surface area contributed by atoms with Gasteiger partial charge in [-0.15, -0.1) is 0 Å². The number of methoxy groups -OCH3 is 1. The lowest BCUT2D eigenvalue weighted by Gasteiger charge is -2.12. The molecule has 0 bridgehead atoms. The predicted octanol–water partition coefficient (Wildman–Crippen LogP) is 5.20. The Hall–Kier alpha value is -4.27. The molecule has 0 spiro atoms. The maximum atomic E-state index is 14.6. The fraction of sp³-hybridized carbons (Fsp3) is 0.160. The first-order valence-corrected chi connectivity index (χ1v) is 10.7. The molecule has 0 unspecified atom stereocenters. The quantitative estimate of drug-likeness (QED) is 0.349. The summed E-state index contributed by atoms with van der Waals surface area (Å²) in [6.45, 7) is 2.72. The predicted molar refractivity (Wildman–Crippen MR) is 127 cm³/mol. The van der Waals surface area contributed by atoms with Gasteiger partial charge < -0.3 is 19.6 Å². The summed E-state index contributed by atoms with van der Waals surface area (Å²) in [5, 5.41) is 3.79. The summed E-state index contributed by atoms with van der Waals surface area (Å²) in [5.74, 6) is -0.871. The highest BCUT2D eigenvalue weighted by atomic mass is 19.2. The first kappa shape index (κ1) is 21.6. The van der Waals surface area contributed by atoms with Crippen LogP contribution in [0.3, 0.4) is 0 Å². The molecule has 34 heavy (non-hydrogen) atoms. The van der Waals surface area contributed by atoms with E-state index in [-0.39, 0.29) is 5.52 Å². The number of nitrogens with one attached hydrogen (secondary N) is 2. The van der Waals surface area contributed by atoms with E-state index >= 15 is 0 Å². The molecule has 0 atom stereocenters. The molecule has 0 fully saturated rings. The lowest BCUT2D eigenvalue weighted by Crippen LogP contribution is -2.13. The molecule has 5 rings (SSSR count). The van der Waals surface area contributed by atoms with Crippen LogP contribution in [-0.2, 0) is 6.54 Å². The smallest absolute Gasteiger partial charge is 0.183 e. The van der Waals surface area contributed by atoms with Crippen LogP contribution in [0.4, 0.5) is 14.6 Å². The summed E-state index contributed by atoms with van der Waals surface area (Å²) in [6, 6.07) is 12.7. The van der Waals surface area contributed by atoms with Crippen LogP contribution in [0, 0.1) is 18.6 Å². The van der Waals surface area contributed by atoms with Crippen molar-refractivity contribution in [1.29, 1.82) is 0 Å². The molecule has 172 valence electrons. The monoisotopic (exact) mass is 460 g/mol. The number of hydrogen-bond donors (Lipinski definition) is 2. The van der Waals surface area contributed by atoms with Crippen molar-refractivity contribution >= 4 is 16.7 Å². The van der Waals surface area contributed by atoms with Gasteiger partial charge in [-0.05, 0) is 13.0 Å². The third-order valence-electron chi connectivity index (χ3n) is 5.75. The molecule has 9 heteroatoms. The number of ether oxygens (including phenoxy) is 1. The Morgan fingerprint density at radius 3 is 2.47 bits per heavy atom. The molecule has 0 aliphatic carbocycles. The van der Waals surface area contributed by atoms with Gasteiger partial charge in [-0.25, -0.2) is 23.7 Å². The number of anilines is 1. The van der Waals surface area contributed by atoms with Gasteiger partial charge >= 0.3 is 0 Å². The summed E-state index contributed by atoms with van der Waals surface area (Å²) >= 11 is 0. The number of hydrogen-bond acceptors (Lipinski definition) is 5. The standard InChI is InChI=1S/C25H22F2N6O/c1-15-9-18-22(34-2)10-19(26)24(27)25(18)33(15)8-7-29-23-11-20(31-14-32-23)16-3-5-17(6-4-16)21-12-28-13-30-21/h3-6,9-14H,7-8H2,1-2H3,(H,28,30)(H,29,31,32). The summed E-state index contributed by atoms with van der Waals surface area (Å²) in [6.07, 6.45) is 4.98. The van der Waals surface area contributed by atoms with Crippen molar-refractivity contribution in [2.45, 2.75) is 13.5 Å². The molecule has 5 aromatic rings. The molecule has 0 saturated heterocycles. The molecular formula is C25H22F2N6O. The van der Waals surface area contributed by atoms with Crippen LogP contribution < -0.4 is 10.1 Å². The van der Waals surface area contributed by atoms with Crippen LogP contribution in [0.2, 0.25) is 0 Å². The third-order valence-corrected chi connectivity index (χ3v) is 5.75. The van der Waals surface area contributed by atoms with Gasteiger partial charge in [0.15, 0.2) is 11.6 Å². The van der Waals surface area contributed by atoms with E-state index in [1.807, 2.05) is 43.5 Å². The first-order valence-electron chi connectivity index (χ1n) is 10.7. The zero-order valence-corrected chi connectivity index (χ0v) is 18.6. The van der Waals surface area contributed by atoms with Gasteiger partial charge in [0.05, 0.1) is 30.3 Å². The fourth-order valence-electron chi connectivity index (χ4n) is 4.07. The Labute approximate surface area is 194 Å². The van der Waals surface area contributed by atoms with E-state index in [0.29, 0.717) is 30.0 Å². The SMILES string of the molecule is COc1cc(F)c(F)c2c1cc(C)n2CCNc1cc(-c2ccc(-c3c[nH]cn3)cc2)ncn1. The minimum atomic E-state index is -0.935. The van der Waals surface area contributed by atoms with E-state index in [2.05, 4.69) is 25.3 Å². The van der Waals surface area contributed by atoms with E-state index in [1.165, 1.54) is 13.4 Å². The first-order chi connectivity index (χ1) is 16.5. The van der Waals surface area contributed by atoms with Crippen LogP contribution in [0.1, 0.15) is 5.69 Å². The Kier molecular flexibility index (Phi) is 5.67. The number of benzene rings is 2. The van der Waals surface area contributed by atoms with Crippen molar-refractivity contribution in [2.75, 3.05) is 19.0 Å². The summed E-state index contributed by atoms with van der Waals surface area (Å²) in [5.41, 5.74) is 4.59. The van der Waals surface area contributed by atoms with Crippen LogP contribution in [0.15, 0.2) is 61.3 Å². The third kappa shape index (κ3) is 3.96. The maximum Gasteiger partial charge on any atom is 0.183 e. The van der Waals surface area contributed by atoms with Gasteiger partial charge in [0.25, 0.3) is 0 Å². The van der Waals surface area contributed by atoms with Gasteiger partial charge in [-0.3, -0.25) is 0 Å². The zero-order valence-electron chi connectivity index (χ0n) is 18.6. The summed E-state index contributed by atoms with van der Waals surface area (Å²) in [4.78, 5) is 15.9. The zero-order chi connectivity index (χ0) is 23.7. The average molecular weight is 460 g/mol. The number of aryl methyl sites for hydroxylation is 1. The van der Waals surface area contributed by atoms with Crippen LogP contribution in [-0.4, -0.2) is 38.2 Å². The minimum Gasteiger partial charge on any atom is -0.496 e. The molecule has 3 aromatic heterocycles. The van der Waals surface area contributed by atoms with E-state index in [1.54, 1.807) is 17.0 Å². The van der Waals surface area contributed by atoms with Gasteiger partial charge in [-0.2, -0.15) is 0 Å². The number of aromatic amines is 1. The highest BCUT2D eigenvalue weighted by Gasteiger charge is 2.18. The molecule has 7 nitrogen and oxygen atoms in total. The average Bonchev–Trinajstić information content (AvgIpc) is 3.51. The van der Waals surface area contributed by atoms with Crippen LogP contribution >= 0.6 is 0 Å². The Morgan fingerprint density at radius 1 is 1.00 bits per heavy atom. The van der Waals surface area contributed by atoms with Crippen molar-refractivity contribution < 1.29 is 13.5 Å². The van der Waals surface area contributed by atoms with Gasteiger partial charge in [0.2, 0.25) is 0 Å². The van der Waals surface area contributed by atoms with Crippen molar-refractivity contribution in [1.82, 2.24) is 24.5 Å². The lowest BCUT2D eigenvalue weighted by molar-refractivity contribution is 0.412. The molecule has 0 radical (unpaired) electrons. The molecular weight excluding hydrogens is 438 g/mol. The van der Waals surface area contributed by atoms with E-state index < -0.39 is 11.6 Å². The highest BCUT2D eigenvalue weighted by Crippen LogP contribution is 2.32. The van der Waals surface area contributed by atoms with Gasteiger partial charge in [0.1, 0.15) is 17.9 Å².